The number of benzene rings is 2. The summed E-state index contributed by atoms with van der Waals surface area (Å²) in [5.74, 6) is 4.25. The van der Waals surface area contributed by atoms with Crippen molar-refractivity contribution in [1.82, 2.24) is 4.98 Å². The second-order valence-electron chi connectivity index (χ2n) is 5.02. The van der Waals surface area contributed by atoms with Gasteiger partial charge in [-0.2, -0.15) is 5.90 Å². The number of nitrogens with one attached hydrogen (secondary N) is 1. The number of aromatic amines is 1. The summed E-state index contributed by atoms with van der Waals surface area (Å²) in [5.41, 5.74) is 4.39. The summed E-state index contributed by atoms with van der Waals surface area (Å²) in [6.45, 7) is 0. The van der Waals surface area contributed by atoms with Crippen LogP contribution in [0.1, 0.15) is 16.7 Å². The van der Waals surface area contributed by atoms with Gasteiger partial charge in [0, 0.05) is 17.7 Å². The highest BCUT2D eigenvalue weighted by Crippen LogP contribution is 2.24. The van der Waals surface area contributed by atoms with Crippen molar-refractivity contribution >= 4 is 22.9 Å². The highest BCUT2D eigenvalue weighted by molar-refractivity contribution is 5.94. The Labute approximate surface area is 128 Å². The zero-order chi connectivity index (χ0) is 15.4. The maximum Gasteiger partial charge on any atom is 0.349 e. The van der Waals surface area contributed by atoms with Crippen molar-refractivity contribution in [3.05, 3.63) is 77.5 Å². The molecule has 4 heteroatoms. The zero-order valence-electron chi connectivity index (χ0n) is 12.0. The number of fused-ring (bicyclic) bond motifs is 1. The predicted molar refractivity (Wildman–Crippen MR) is 86.9 cm³/mol. The number of hydrogen-bond acceptors (Lipinski definition) is 3. The van der Waals surface area contributed by atoms with Crippen molar-refractivity contribution in [3.8, 4) is 0 Å². The van der Waals surface area contributed by atoms with Crippen LogP contribution in [0.3, 0.4) is 0 Å². The summed E-state index contributed by atoms with van der Waals surface area (Å²) in [6.07, 6.45) is 5.88. The van der Waals surface area contributed by atoms with Crippen LogP contribution in [0.4, 0.5) is 0 Å². The molecule has 3 rings (SSSR count). The van der Waals surface area contributed by atoms with E-state index in [0.717, 1.165) is 22.9 Å². The first-order valence-corrected chi connectivity index (χ1v) is 6.99. The van der Waals surface area contributed by atoms with E-state index in [1.54, 1.807) is 6.08 Å². The van der Waals surface area contributed by atoms with Crippen LogP contribution in [0, 0.1) is 0 Å². The molecule has 0 amide bonds. The van der Waals surface area contributed by atoms with Crippen LogP contribution in [0.5, 0.6) is 0 Å². The first kappa shape index (κ1) is 14.1. The van der Waals surface area contributed by atoms with Gasteiger partial charge in [-0.05, 0) is 29.2 Å². The van der Waals surface area contributed by atoms with E-state index in [4.69, 9.17) is 5.90 Å². The highest BCUT2D eigenvalue weighted by Gasteiger charge is 2.07. The number of para-hydroxylation sites is 1. The summed E-state index contributed by atoms with van der Waals surface area (Å²) in [5, 5.41) is 1.15. The van der Waals surface area contributed by atoms with Crippen molar-refractivity contribution < 1.29 is 9.63 Å². The summed E-state index contributed by atoms with van der Waals surface area (Å²) >= 11 is 0. The fourth-order valence-corrected chi connectivity index (χ4v) is 2.53. The lowest BCUT2D eigenvalue weighted by atomic mass is 10.0. The van der Waals surface area contributed by atoms with Gasteiger partial charge in [0.2, 0.25) is 0 Å². The van der Waals surface area contributed by atoms with Gasteiger partial charge >= 0.3 is 5.97 Å². The van der Waals surface area contributed by atoms with E-state index in [0.29, 0.717) is 0 Å². The molecule has 0 aliphatic heterocycles. The molecule has 1 heterocycles. The third-order valence-electron chi connectivity index (χ3n) is 3.59. The molecule has 0 unspecified atom stereocenters. The molecule has 0 fully saturated rings. The van der Waals surface area contributed by atoms with E-state index in [-0.39, 0.29) is 0 Å². The number of carbonyl (C=O) groups is 1. The second kappa shape index (κ2) is 6.28. The van der Waals surface area contributed by atoms with Crippen LogP contribution in [-0.4, -0.2) is 11.0 Å². The predicted octanol–water partition coefficient (Wildman–Crippen LogP) is 3.19. The third kappa shape index (κ3) is 2.92. The third-order valence-corrected chi connectivity index (χ3v) is 3.59. The number of hydrogen-bond donors (Lipinski definition) is 2. The molecular formula is C18H16N2O2. The van der Waals surface area contributed by atoms with Gasteiger partial charge in [-0.1, -0.05) is 48.5 Å². The minimum Gasteiger partial charge on any atom is -0.370 e. The van der Waals surface area contributed by atoms with Gasteiger partial charge in [0.05, 0.1) is 5.52 Å². The van der Waals surface area contributed by atoms with Crippen LogP contribution in [0.2, 0.25) is 0 Å². The minimum atomic E-state index is -0.576. The summed E-state index contributed by atoms with van der Waals surface area (Å²) in [6, 6.07) is 16.3. The Hall–Kier alpha value is -2.85. The van der Waals surface area contributed by atoms with E-state index in [1.807, 2.05) is 36.5 Å². The average Bonchev–Trinajstić information content (AvgIpc) is 2.97. The quantitative estimate of drug-likeness (QED) is 0.573. The molecule has 0 saturated heterocycles. The SMILES string of the molecule is NOC(=O)/C=C/c1cccc2c(Cc3ccccc3)c[nH]c12. The van der Waals surface area contributed by atoms with E-state index in [2.05, 4.69) is 28.0 Å². The Bertz CT molecular complexity index is 819. The van der Waals surface area contributed by atoms with E-state index >= 15 is 0 Å². The van der Waals surface area contributed by atoms with Crippen LogP contribution in [0.15, 0.2) is 60.8 Å². The Morgan fingerprint density at radius 3 is 2.73 bits per heavy atom. The molecule has 0 spiro atoms. The molecule has 2 aromatic carbocycles. The molecule has 0 radical (unpaired) electrons. The fourth-order valence-electron chi connectivity index (χ4n) is 2.53. The molecule has 3 aromatic rings. The summed E-state index contributed by atoms with van der Waals surface area (Å²) < 4.78 is 0. The molecule has 3 N–H and O–H groups in total. The number of H-pyrrole nitrogens is 1. The number of nitrogens with two attached hydrogens (primary N) is 1. The number of aromatic nitrogens is 1. The van der Waals surface area contributed by atoms with Gasteiger partial charge in [-0.25, -0.2) is 4.79 Å². The Morgan fingerprint density at radius 1 is 1.14 bits per heavy atom. The molecule has 0 bridgehead atoms. The van der Waals surface area contributed by atoms with Gasteiger partial charge in [0.1, 0.15) is 0 Å². The summed E-state index contributed by atoms with van der Waals surface area (Å²) in [7, 11) is 0. The molecule has 0 aliphatic rings. The van der Waals surface area contributed by atoms with E-state index in [9.17, 15) is 4.79 Å². The van der Waals surface area contributed by atoms with Gasteiger partial charge in [0.15, 0.2) is 0 Å². The van der Waals surface area contributed by atoms with Crippen molar-refractivity contribution in [1.29, 1.82) is 0 Å². The molecular weight excluding hydrogens is 276 g/mol. The van der Waals surface area contributed by atoms with E-state index in [1.165, 1.54) is 17.2 Å². The first-order valence-electron chi connectivity index (χ1n) is 6.99. The topological polar surface area (TPSA) is 68.1 Å². The van der Waals surface area contributed by atoms with Gasteiger partial charge in [-0.15, -0.1) is 0 Å². The van der Waals surface area contributed by atoms with Crippen molar-refractivity contribution in [2.75, 3.05) is 0 Å². The fraction of sp³-hybridized carbons (Fsp3) is 0.0556. The smallest absolute Gasteiger partial charge is 0.349 e. The second-order valence-corrected chi connectivity index (χ2v) is 5.02. The lowest BCUT2D eigenvalue weighted by Gasteiger charge is -2.01. The van der Waals surface area contributed by atoms with Crippen LogP contribution >= 0.6 is 0 Å². The Kier molecular flexibility index (Phi) is 4.03. The van der Waals surface area contributed by atoms with Crippen LogP contribution < -0.4 is 5.90 Å². The number of carbonyl (C=O) groups excluding carboxylic acids is 1. The average molecular weight is 292 g/mol. The molecule has 0 aliphatic carbocycles. The molecule has 0 atom stereocenters. The van der Waals surface area contributed by atoms with E-state index < -0.39 is 5.97 Å². The first-order chi connectivity index (χ1) is 10.8. The molecule has 0 saturated carbocycles. The molecule has 4 nitrogen and oxygen atoms in total. The molecule has 22 heavy (non-hydrogen) atoms. The van der Waals surface area contributed by atoms with Gasteiger partial charge < -0.3 is 9.82 Å². The molecule has 110 valence electrons. The maximum absolute atomic E-state index is 11.1. The Balaban J connectivity index is 1.95. The lowest BCUT2D eigenvalue weighted by molar-refractivity contribution is -0.138. The molecule has 1 aromatic heterocycles. The maximum atomic E-state index is 11.1. The number of rotatable bonds is 4. The monoisotopic (exact) mass is 292 g/mol. The normalized spacial score (nSPS) is 11.1. The lowest BCUT2D eigenvalue weighted by Crippen LogP contribution is -2.05. The van der Waals surface area contributed by atoms with Crippen molar-refractivity contribution in [2.24, 2.45) is 5.90 Å². The largest absolute Gasteiger partial charge is 0.370 e. The van der Waals surface area contributed by atoms with Crippen LogP contribution in [-0.2, 0) is 16.1 Å². The van der Waals surface area contributed by atoms with Crippen LogP contribution in [0.25, 0.3) is 17.0 Å². The van der Waals surface area contributed by atoms with Crippen molar-refractivity contribution in [2.45, 2.75) is 6.42 Å². The standard InChI is InChI=1S/C18H16N2O2/c19-22-17(21)10-9-14-7-4-8-16-15(12-20-18(14)16)11-13-5-2-1-3-6-13/h1-10,12,20H,11,19H2/b10-9+. The van der Waals surface area contributed by atoms with Crippen molar-refractivity contribution in [3.63, 3.8) is 0 Å². The van der Waals surface area contributed by atoms with Gasteiger partial charge in [0.25, 0.3) is 0 Å². The van der Waals surface area contributed by atoms with Gasteiger partial charge in [-0.3, -0.25) is 0 Å². The highest BCUT2D eigenvalue weighted by atomic mass is 16.7. The summed E-state index contributed by atoms with van der Waals surface area (Å²) in [4.78, 5) is 18.5. The minimum absolute atomic E-state index is 0.576. The Morgan fingerprint density at radius 2 is 1.95 bits per heavy atom. The zero-order valence-corrected chi connectivity index (χ0v) is 12.0.